The van der Waals surface area contributed by atoms with Gasteiger partial charge in [0.05, 0.1) is 12.5 Å². The molecule has 134 valence electrons. The number of carbonyl (C=O) groups is 2. The molecule has 2 aromatic carbocycles. The summed E-state index contributed by atoms with van der Waals surface area (Å²) in [5.41, 5.74) is 4.01. The van der Waals surface area contributed by atoms with E-state index >= 15 is 0 Å². The van der Waals surface area contributed by atoms with Crippen LogP contribution in [0.25, 0.3) is 6.08 Å². The molecule has 1 heterocycles. The lowest BCUT2D eigenvalue weighted by molar-refractivity contribution is -0.129. The van der Waals surface area contributed by atoms with Crippen LogP contribution in [0.3, 0.4) is 0 Å². The van der Waals surface area contributed by atoms with Crippen molar-refractivity contribution in [3.8, 4) is 0 Å². The summed E-state index contributed by atoms with van der Waals surface area (Å²) in [5, 5.41) is 2.97. The highest BCUT2D eigenvalue weighted by Crippen LogP contribution is 2.33. The highest BCUT2D eigenvalue weighted by atomic mass is 16.2. The van der Waals surface area contributed by atoms with E-state index in [-0.39, 0.29) is 24.3 Å². The van der Waals surface area contributed by atoms with Crippen LogP contribution in [0.4, 0.5) is 5.69 Å². The van der Waals surface area contributed by atoms with Crippen molar-refractivity contribution in [2.45, 2.75) is 39.2 Å². The molecular weight excluding hydrogens is 324 g/mol. The van der Waals surface area contributed by atoms with Crippen LogP contribution < -0.4 is 5.32 Å². The fourth-order valence-corrected chi connectivity index (χ4v) is 3.28. The summed E-state index contributed by atoms with van der Waals surface area (Å²) in [7, 11) is 0. The Morgan fingerprint density at radius 2 is 1.88 bits per heavy atom. The Balaban J connectivity index is 1.79. The molecule has 3 rings (SSSR count). The van der Waals surface area contributed by atoms with Crippen molar-refractivity contribution in [3.05, 3.63) is 71.4 Å². The lowest BCUT2D eigenvalue weighted by Crippen LogP contribution is -2.33. The van der Waals surface area contributed by atoms with E-state index < -0.39 is 0 Å². The summed E-state index contributed by atoms with van der Waals surface area (Å²) < 4.78 is 0. The molecule has 0 saturated carbocycles. The van der Waals surface area contributed by atoms with Gasteiger partial charge in [-0.3, -0.25) is 9.59 Å². The molecule has 0 bridgehead atoms. The molecule has 0 aliphatic carbocycles. The van der Waals surface area contributed by atoms with Gasteiger partial charge in [-0.1, -0.05) is 50.2 Å². The molecule has 1 atom stereocenters. The first kappa shape index (κ1) is 17.9. The molecule has 26 heavy (non-hydrogen) atoms. The number of nitrogens with zero attached hydrogens (tertiary/aromatic N) is 1. The number of carbonyl (C=O) groups excluding carboxylic acids is 2. The number of rotatable bonds is 4. The van der Waals surface area contributed by atoms with Gasteiger partial charge in [-0.05, 0) is 40.8 Å². The number of nitrogens with one attached hydrogen (secondary N) is 1. The first-order valence-corrected chi connectivity index (χ1v) is 8.91. The summed E-state index contributed by atoms with van der Waals surface area (Å²) in [6.45, 7) is 5.77. The van der Waals surface area contributed by atoms with E-state index in [0.29, 0.717) is 5.92 Å². The van der Waals surface area contributed by atoms with Crippen LogP contribution in [0, 0.1) is 0 Å². The lowest BCUT2D eigenvalue weighted by atomic mass is 9.93. The molecule has 0 unspecified atom stereocenters. The molecule has 0 spiro atoms. The molecule has 4 nitrogen and oxygen atoms in total. The maximum absolute atomic E-state index is 12.7. The summed E-state index contributed by atoms with van der Waals surface area (Å²) in [5.74, 6) is 0.220. The number of fused-ring (bicyclic) bond motifs is 1. The van der Waals surface area contributed by atoms with E-state index in [1.165, 1.54) is 12.5 Å². The SMILES string of the molecule is CC(=O)N1C=Cc2ccccc2[C@@H]1CC(=O)Nc1cccc(C(C)C)c1. The van der Waals surface area contributed by atoms with E-state index in [0.717, 1.165) is 16.8 Å². The van der Waals surface area contributed by atoms with Gasteiger partial charge in [-0.15, -0.1) is 0 Å². The van der Waals surface area contributed by atoms with Crippen molar-refractivity contribution in [2.75, 3.05) is 5.32 Å². The van der Waals surface area contributed by atoms with Crippen LogP contribution in [-0.4, -0.2) is 16.7 Å². The van der Waals surface area contributed by atoms with Crippen molar-refractivity contribution in [1.29, 1.82) is 0 Å². The Labute approximate surface area is 154 Å². The maximum Gasteiger partial charge on any atom is 0.226 e. The quantitative estimate of drug-likeness (QED) is 0.870. The molecule has 1 aliphatic rings. The zero-order valence-electron chi connectivity index (χ0n) is 15.4. The van der Waals surface area contributed by atoms with Gasteiger partial charge in [0.2, 0.25) is 11.8 Å². The van der Waals surface area contributed by atoms with Gasteiger partial charge in [0.25, 0.3) is 0 Å². The van der Waals surface area contributed by atoms with Gasteiger partial charge < -0.3 is 10.2 Å². The highest BCUT2D eigenvalue weighted by Gasteiger charge is 2.28. The average molecular weight is 348 g/mol. The van der Waals surface area contributed by atoms with E-state index in [9.17, 15) is 9.59 Å². The summed E-state index contributed by atoms with van der Waals surface area (Å²) >= 11 is 0. The minimum atomic E-state index is -0.290. The zero-order valence-corrected chi connectivity index (χ0v) is 15.4. The largest absolute Gasteiger partial charge is 0.326 e. The number of amides is 2. The molecule has 0 aromatic heterocycles. The molecule has 4 heteroatoms. The van der Waals surface area contributed by atoms with Gasteiger partial charge in [-0.2, -0.15) is 0 Å². The second-order valence-corrected chi connectivity index (χ2v) is 6.92. The first-order chi connectivity index (χ1) is 12.5. The van der Waals surface area contributed by atoms with E-state index in [1.54, 1.807) is 11.1 Å². The molecular formula is C22H24N2O2. The number of hydrogen-bond acceptors (Lipinski definition) is 2. The Morgan fingerprint density at radius 1 is 1.12 bits per heavy atom. The summed E-state index contributed by atoms with van der Waals surface area (Å²) in [6, 6.07) is 15.5. The number of anilines is 1. The predicted molar refractivity (Wildman–Crippen MR) is 105 cm³/mol. The van der Waals surface area contributed by atoms with Crippen molar-refractivity contribution >= 4 is 23.6 Å². The third kappa shape index (κ3) is 3.85. The lowest BCUT2D eigenvalue weighted by Gasteiger charge is -2.32. The molecule has 0 fully saturated rings. The van der Waals surface area contributed by atoms with E-state index in [4.69, 9.17) is 0 Å². The average Bonchev–Trinajstić information content (AvgIpc) is 2.61. The topological polar surface area (TPSA) is 49.4 Å². The Hall–Kier alpha value is -2.88. The summed E-state index contributed by atoms with van der Waals surface area (Å²) in [6.07, 6.45) is 3.89. The van der Waals surface area contributed by atoms with E-state index in [2.05, 4.69) is 25.2 Å². The normalized spacial score (nSPS) is 15.7. The van der Waals surface area contributed by atoms with Crippen LogP contribution in [0.2, 0.25) is 0 Å². The molecule has 2 amide bonds. The number of hydrogen-bond donors (Lipinski definition) is 1. The molecule has 2 aromatic rings. The van der Waals surface area contributed by atoms with Gasteiger partial charge in [0, 0.05) is 18.8 Å². The molecule has 0 radical (unpaired) electrons. The van der Waals surface area contributed by atoms with Gasteiger partial charge in [-0.25, -0.2) is 0 Å². The standard InChI is InChI=1S/C22H24N2O2/c1-15(2)18-8-6-9-19(13-18)23-22(26)14-21-20-10-5-4-7-17(20)11-12-24(21)16(3)25/h4-13,15,21H,14H2,1-3H3,(H,23,26)/t21-/m0/s1. The predicted octanol–water partition coefficient (Wildman–Crippen LogP) is 4.71. The van der Waals surface area contributed by atoms with Crippen molar-refractivity contribution in [2.24, 2.45) is 0 Å². The fraction of sp³-hybridized carbons (Fsp3) is 0.273. The second kappa shape index (κ2) is 7.56. The third-order valence-electron chi connectivity index (χ3n) is 4.68. The number of benzene rings is 2. The smallest absolute Gasteiger partial charge is 0.226 e. The van der Waals surface area contributed by atoms with Crippen LogP contribution in [0.15, 0.2) is 54.7 Å². The molecule has 1 aliphatic heterocycles. The van der Waals surface area contributed by atoms with Crippen LogP contribution in [0.1, 0.15) is 55.8 Å². The van der Waals surface area contributed by atoms with Gasteiger partial charge >= 0.3 is 0 Å². The molecule has 0 saturated heterocycles. The first-order valence-electron chi connectivity index (χ1n) is 8.91. The Morgan fingerprint density at radius 3 is 2.62 bits per heavy atom. The third-order valence-corrected chi connectivity index (χ3v) is 4.68. The fourth-order valence-electron chi connectivity index (χ4n) is 3.28. The Kier molecular flexibility index (Phi) is 5.21. The minimum absolute atomic E-state index is 0.0737. The van der Waals surface area contributed by atoms with Gasteiger partial charge in [0.15, 0.2) is 0 Å². The highest BCUT2D eigenvalue weighted by molar-refractivity contribution is 5.92. The second-order valence-electron chi connectivity index (χ2n) is 6.92. The van der Waals surface area contributed by atoms with Crippen LogP contribution in [-0.2, 0) is 9.59 Å². The summed E-state index contributed by atoms with van der Waals surface area (Å²) in [4.78, 5) is 26.3. The van der Waals surface area contributed by atoms with Crippen LogP contribution >= 0.6 is 0 Å². The van der Waals surface area contributed by atoms with Gasteiger partial charge in [0.1, 0.15) is 0 Å². The van der Waals surface area contributed by atoms with Crippen molar-refractivity contribution < 1.29 is 9.59 Å². The monoisotopic (exact) mass is 348 g/mol. The van der Waals surface area contributed by atoms with Crippen molar-refractivity contribution in [3.63, 3.8) is 0 Å². The van der Waals surface area contributed by atoms with E-state index in [1.807, 2.05) is 48.5 Å². The Bertz CT molecular complexity index is 855. The maximum atomic E-state index is 12.7. The molecule has 1 N–H and O–H groups in total. The zero-order chi connectivity index (χ0) is 18.7. The minimum Gasteiger partial charge on any atom is -0.326 e. The van der Waals surface area contributed by atoms with Crippen LogP contribution in [0.5, 0.6) is 0 Å². The van der Waals surface area contributed by atoms with Crippen molar-refractivity contribution in [1.82, 2.24) is 4.90 Å².